The molecule has 4 aliphatic carbocycles. The molecule has 4 aliphatic rings. The van der Waals surface area contributed by atoms with Crippen molar-refractivity contribution in [3.05, 3.63) is 23.8 Å². The zero-order chi connectivity index (χ0) is 18.9. The third-order valence-electron chi connectivity index (χ3n) is 8.25. The van der Waals surface area contributed by atoms with Gasteiger partial charge in [-0.2, -0.15) is 0 Å². The molecular formula is C21H28O5. The molecule has 0 aliphatic heterocycles. The van der Waals surface area contributed by atoms with Crippen LogP contribution in [-0.2, 0) is 9.59 Å². The Bertz CT molecular complexity index is 724. The van der Waals surface area contributed by atoms with Gasteiger partial charge in [-0.15, -0.1) is 0 Å². The lowest BCUT2D eigenvalue weighted by atomic mass is 9.46. The van der Waals surface area contributed by atoms with Gasteiger partial charge in [0, 0.05) is 16.7 Å². The van der Waals surface area contributed by atoms with Crippen molar-refractivity contribution in [2.45, 2.75) is 57.7 Å². The van der Waals surface area contributed by atoms with E-state index in [0.29, 0.717) is 12.8 Å². The summed E-state index contributed by atoms with van der Waals surface area (Å²) in [7, 11) is 0. The fourth-order valence-corrected chi connectivity index (χ4v) is 6.92. The highest BCUT2D eigenvalue weighted by molar-refractivity contribution is 6.01. The molecule has 0 unspecified atom stereocenters. The molecule has 0 spiro atoms. The van der Waals surface area contributed by atoms with Gasteiger partial charge >= 0.3 is 0 Å². The van der Waals surface area contributed by atoms with Crippen molar-refractivity contribution >= 4 is 11.6 Å². The molecule has 3 fully saturated rings. The largest absolute Gasteiger partial charge is 0.393 e. The minimum atomic E-state index is -1.56. The summed E-state index contributed by atoms with van der Waals surface area (Å²) in [6.45, 7) is 3.34. The summed E-state index contributed by atoms with van der Waals surface area (Å²) in [5, 5.41) is 31.7. The van der Waals surface area contributed by atoms with Crippen LogP contribution in [0.15, 0.2) is 23.8 Å². The minimum Gasteiger partial charge on any atom is -0.393 e. The molecule has 0 radical (unpaired) electrons. The van der Waals surface area contributed by atoms with E-state index in [9.17, 15) is 24.9 Å². The number of carbonyl (C=O) groups excluding carboxylic acids is 2. The summed E-state index contributed by atoms with van der Waals surface area (Å²) in [5.41, 5.74) is -1.54. The first kappa shape index (κ1) is 18.1. The first-order valence-electron chi connectivity index (χ1n) is 9.66. The number of aliphatic hydroxyl groups is 3. The topological polar surface area (TPSA) is 94.8 Å². The van der Waals surface area contributed by atoms with E-state index in [4.69, 9.17) is 0 Å². The molecule has 4 rings (SSSR count). The normalized spacial score (nSPS) is 49.9. The number of carbonyl (C=O) groups is 2. The highest BCUT2D eigenvalue weighted by atomic mass is 16.3. The van der Waals surface area contributed by atoms with Crippen molar-refractivity contribution in [1.82, 2.24) is 0 Å². The van der Waals surface area contributed by atoms with Crippen molar-refractivity contribution in [2.24, 2.45) is 28.6 Å². The van der Waals surface area contributed by atoms with Gasteiger partial charge < -0.3 is 15.3 Å². The number of ketones is 2. The second-order valence-corrected chi connectivity index (χ2v) is 9.19. The molecule has 7 atom stereocenters. The number of fused-ring (bicyclic) bond motifs is 5. The van der Waals surface area contributed by atoms with Crippen LogP contribution in [0.2, 0.25) is 0 Å². The Morgan fingerprint density at radius 2 is 2.04 bits per heavy atom. The van der Waals surface area contributed by atoms with Crippen LogP contribution >= 0.6 is 0 Å². The van der Waals surface area contributed by atoms with Gasteiger partial charge in [-0.25, -0.2) is 0 Å². The number of rotatable bonds is 2. The van der Waals surface area contributed by atoms with Gasteiger partial charge in [0.1, 0.15) is 12.2 Å². The van der Waals surface area contributed by atoms with Crippen molar-refractivity contribution in [1.29, 1.82) is 0 Å². The Kier molecular flexibility index (Phi) is 3.89. The van der Waals surface area contributed by atoms with E-state index in [1.54, 1.807) is 12.2 Å². The van der Waals surface area contributed by atoms with Crippen LogP contribution in [0.3, 0.4) is 0 Å². The van der Waals surface area contributed by atoms with Crippen LogP contribution in [0.4, 0.5) is 0 Å². The third kappa shape index (κ3) is 2.08. The van der Waals surface area contributed by atoms with Crippen molar-refractivity contribution in [3.63, 3.8) is 0 Å². The van der Waals surface area contributed by atoms with Gasteiger partial charge in [-0.1, -0.05) is 25.5 Å². The van der Waals surface area contributed by atoms with E-state index in [2.05, 4.69) is 6.92 Å². The van der Waals surface area contributed by atoms with Crippen LogP contribution in [-0.4, -0.2) is 45.2 Å². The Hall–Kier alpha value is -1.30. The van der Waals surface area contributed by atoms with Crippen LogP contribution in [0.5, 0.6) is 0 Å². The molecule has 0 aromatic heterocycles. The first-order valence-corrected chi connectivity index (χ1v) is 9.66. The first-order chi connectivity index (χ1) is 12.2. The van der Waals surface area contributed by atoms with E-state index < -0.39 is 29.5 Å². The Balaban J connectivity index is 1.75. The SMILES string of the molecule is C[C@@]12C=CC(=O)C=C1CC[C@H]1[C@H]2[C@@H](O)C[C@]2(C)[C@H]1CC[C@]2(O)C(=O)CO. The summed E-state index contributed by atoms with van der Waals surface area (Å²) in [6, 6.07) is 0. The van der Waals surface area contributed by atoms with Crippen LogP contribution in [0, 0.1) is 28.6 Å². The fraction of sp³-hybridized carbons (Fsp3) is 0.714. The zero-order valence-electron chi connectivity index (χ0n) is 15.4. The van der Waals surface area contributed by atoms with E-state index in [1.807, 2.05) is 13.0 Å². The Morgan fingerprint density at radius 3 is 2.73 bits per heavy atom. The lowest BCUT2D eigenvalue weighted by molar-refractivity contribution is -0.178. The van der Waals surface area contributed by atoms with Crippen molar-refractivity contribution < 1.29 is 24.9 Å². The van der Waals surface area contributed by atoms with Crippen LogP contribution in [0.1, 0.15) is 46.0 Å². The van der Waals surface area contributed by atoms with Gasteiger partial charge in [-0.3, -0.25) is 9.59 Å². The maximum atomic E-state index is 12.4. The van der Waals surface area contributed by atoms with Crippen LogP contribution in [0.25, 0.3) is 0 Å². The molecule has 0 amide bonds. The predicted octanol–water partition coefficient (Wildman–Crippen LogP) is 1.56. The average Bonchev–Trinajstić information content (AvgIpc) is 2.86. The lowest BCUT2D eigenvalue weighted by Crippen LogP contribution is -2.61. The molecule has 0 aromatic rings. The lowest BCUT2D eigenvalue weighted by Gasteiger charge is -2.59. The Morgan fingerprint density at radius 1 is 1.31 bits per heavy atom. The highest BCUT2D eigenvalue weighted by Crippen LogP contribution is 2.67. The number of aliphatic hydroxyl groups excluding tert-OH is 2. The quantitative estimate of drug-likeness (QED) is 0.695. The van der Waals surface area contributed by atoms with E-state index in [0.717, 1.165) is 24.8 Å². The molecule has 26 heavy (non-hydrogen) atoms. The second kappa shape index (κ2) is 5.60. The maximum absolute atomic E-state index is 12.4. The molecule has 5 nitrogen and oxygen atoms in total. The molecule has 0 aromatic carbocycles. The predicted molar refractivity (Wildman–Crippen MR) is 95.0 cm³/mol. The standard InChI is InChI=1S/C21H28O5/c1-19-7-5-13(23)9-12(19)3-4-14-15-6-8-21(26,17(25)11-22)20(15,2)10-16(24)18(14)19/h5,7,9,14-16,18,22,24,26H,3-4,6,8,10-11H2,1-2H3/t14-,15+,16+,18+,19-,20-,21+/m1/s1. The van der Waals surface area contributed by atoms with E-state index in [-0.39, 0.29) is 29.0 Å². The molecule has 3 N–H and O–H groups in total. The molecule has 0 heterocycles. The number of allylic oxidation sites excluding steroid dienone is 4. The maximum Gasteiger partial charge on any atom is 0.190 e. The molecule has 142 valence electrons. The van der Waals surface area contributed by atoms with Crippen molar-refractivity contribution in [2.75, 3.05) is 6.61 Å². The summed E-state index contributed by atoms with van der Waals surface area (Å²) >= 11 is 0. The average molecular weight is 360 g/mol. The summed E-state index contributed by atoms with van der Waals surface area (Å²) in [5.74, 6) is -0.227. The summed E-state index contributed by atoms with van der Waals surface area (Å²) in [6.07, 6.45) is 7.68. The molecular weight excluding hydrogens is 332 g/mol. The molecule has 0 saturated heterocycles. The summed E-state index contributed by atoms with van der Waals surface area (Å²) in [4.78, 5) is 24.2. The van der Waals surface area contributed by atoms with E-state index in [1.165, 1.54) is 0 Å². The molecule has 5 heteroatoms. The number of hydrogen-bond acceptors (Lipinski definition) is 5. The fourth-order valence-electron chi connectivity index (χ4n) is 6.92. The van der Waals surface area contributed by atoms with E-state index >= 15 is 0 Å². The number of Topliss-reactive ketones (excluding diaryl/α,β-unsaturated/α-hetero) is 1. The van der Waals surface area contributed by atoms with Gasteiger partial charge in [0.05, 0.1) is 6.10 Å². The zero-order valence-corrected chi connectivity index (χ0v) is 15.4. The third-order valence-corrected chi connectivity index (χ3v) is 8.25. The van der Waals surface area contributed by atoms with Crippen LogP contribution < -0.4 is 0 Å². The van der Waals surface area contributed by atoms with Gasteiger partial charge in [0.15, 0.2) is 11.6 Å². The van der Waals surface area contributed by atoms with Gasteiger partial charge in [0.25, 0.3) is 0 Å². The van der Waals surface area contributed by atoms with Crippen molar-refractivity contribution in [3.8, 4) is 0 Å². The minimum absolute atomic E-state index is 0.00912. The highest BCUT2D eigenvalue weighted by Gasteiger charge is 2.67. The second-order valence-electron chi connectivity index (χ2n) is 9.19. The summed E-state index contributed by atoms with van der Waals surface area (Å²) < 4.78 is 0. The van der Waals surface area contributed by atoms with Gasteiger partial charge in [0.2, 0.25) is 0 Å². The number of hydrogen-bond donors (Lipinski definition) is 3. The monoisotopic (exact) mass is 360 g/mol. The Labute approximate surface area is 153 Å². The van der Waals surface area contributed by atoms with Gasteiger partial charge in [-0.05, 0) is 56.1 Å². The smallest absolute Gasteiger partial charge is 0.190 e. The molecule has 0 bridgehead atoms. The molecule has 3 saturated carbocycles.